The van der Waals surface area contributed by atoms with Crippen molar-refractivity contribution in [3.8, 4) is 0 Å². The zero-order valence-corrected chi connectivity index (χ0v) is 12.9. The maximum atomic E-state index is 5.85. The molecule has 2 unspecified atom stereocenters. The number of nitrogens with zero attached hydrogens (tertiary/aromatic N) is 1. The van der Waals surface area contributed by atoms with Crippen molar-refractivity contribution in [3.05, 3.63) is 11.1 Å². The van der Waals surface area contributed by atoms with Gasteiger partial charge < -0.3 is 5.32 Å². The smallest absolute Gasteiger partial charge is 0.0338 e. The van der Waals surface area contributed by atoms with E-state index in [-0.39, 0.29) is 0 Å². The summed E-state index contributed by atoms with van der Waals surface area (Å²) in [6.07, 6.45) is 2.79. The molecule has 104 valence electrons. The quantitative estimate of drug-likeness (QED) is 0.844. The molecular formula is C15H27ClN2. The highest BCUT2D eigenvalue weighted by atomic mass is 35.5. The largest absolute Gasteiger partial charge is 0.311 e. The second-order valence-corrected chi connectivity index (χ2v) is 6.92. The van der Waals surface area contributed by atoms with Gasteiger partial charge in [-0.25, -0.2) is 0 Å². The first-order valence-corrected chi connectivity index (χ1v) is 7.65. The predicted molar refractivity (Wildman–Crippen MR) is 78.9 cm³/mol. The molecule has 0 aromatic heterocycles. The highest BCUT2D eigenvalue weighted by molar-refractivity contribution is 6.25. The molecule has 0 aromatic rings. The standard InChI is InChI=1S/C15H27ClN2/c1-11(2)14-9-18(8-12(3)7-16)15(4,10-17-14)13-5-6-13/h7,11,13-14,17H,5-6,8-10H2,1-4H3. The van der Waals surface area contributed by atoms with Gasteiger partial charge in [-0.3, -0.25) is 4.90 Å². The van der Waals surface area contributed by atoms with E-state index in [4.69, 9.17) is 11.6 Å². The summed E-state index contributed by atoms with van der Waals surface area (Å²) < 4.78 is 0. The van der Waals surface area contributed by atoms with Crippen LogP contribution in [0.4, 0.5) is 0 Å². The van der Waals surface area contributed by atoms with E-state index in [0.29, 0.717) is 17.5 Å². The Morgan fingerprint density at radius 1 is 1.50 bits per heavy atom. The summed E-state index contributed by atoms with van der Waals surface area (Å²) in [5.41, 5.74) is 3.33. The molecule has 3 heteroatoms. The van der Waals surface area contributed by atoms with Crippen LogP contribution >= 0.6 is 11.6 Å². The molecule has 1 saturated heterocycles. The van der Waals surface area contributed by atoms with Crippen molar-refractivity contribution >= 4 is 11.6 Å². The monoisotopic (exact) mass is 270 g/mol. The highest BCUT2D eigenvalue weighted by Gasteiger charge is 2.48. The molecular weight excluding hydrogens is 244 g/mol. The molecule has 1 N–H and O–H groups in total. The van der Waals surface area contributed by atoms with Crippen LogP contribution in [0.5, 0.6) is 0 Å². The molecule has 2 fully saturated rings. The van der Waals surface area contributed by atoms with Crippen LogP contribution in [0.3, 0.4) is 0 Å². The fourth-order valence-electron chi connectivity index (χ4n) is 3.10. The van der Waals surface area contributed by atoms with Gasteiger partial charge in [-0.05, 0) is 44.1 Å². The summed E-state index contributed by atoms with van der Waals surface area (Å²) in [4.78, 5) is 2.67. The molecule has 2 aliphatic rings. The van der Waals surface area contributed by atoms with E-state index in [1.165, 1.54) is 18.4 Å². The average Bonchev–Trinajstić information content (AvgIpc) is 3.15. The van der Waals surface area contributed by atoms with Crippen molar-refractivity contribution in [1.29, 1.82) is 0 Å². The zero-order valence-electron chi connectivity index (χ0n) is 12.2. The Labute approximate surface area is 117 Å². The van der Waals surface area contributed by atoms with Crippen LogP contribution in [-0.2, 0) is 0 Å². The van der Waals surface area contributed by atoms with E-state index < -0.39 is 0 Å². The van der Waals surface area contributed by atoms with Crippen LogP contribution in [-0.4, -0.2) is 36.1 Å². The summed E-state index contributed by atoms with van der Waals surface area (Å²) in [6, 6.07) is 0.611. The van der Waals surface area contributed by atoms with E-state index in [9.17, 15) is 0 Å². The first kappa shape index (κ1) is 14.4. The Bertz CT molecular complexity index is 322. The predicted octanol–water partition coefficient (Wildman–Crippen LogP) is 3.23. The molecule has 0 spiro atoms. The van der Waals surface area contributed by atoms with Crippen molar-refractivity contribution in [2.75, 3.05) is 19.6 Å². The third-order valence-corrected chi connectivity index (χ3v) is 5.12. The van der Waals surface area contributed by atoms with Crippen LogP contribution in [0.1, 0.15) is 40.5 Å². The first-order valence-electron chi connectivity index (χ1n) is 7.21. The topological polar surface area (TPSA) is 15.3 Å². The molecule has 1 aliphatic carbocycles. The van der Waals surface area contributed by atoms with E-state index in [1.807, 2.05) is 0 Å². The molecule has 18 heavy (non-hydrogen) atoms. The lowest BCUT2D eigenvalue weighted by atomic mass is 9.87. The Kier molecular flexibility index (Phi) is 4.40. The van der Waals surface area contributed by atoms with Gasteiger partial charge in [0.2, 0.25) is 0 Å². The van der Waals surface area contributed by atoms with Gasteiger partial charge in [0.15, 0.2) is 0 Å². The van der Waals surface area contributed by atoms with E-state index in [2.05, 4.69) is 37.9 Å². The molecule has 2 nitrogen and oxygen atoms in total. The van der Waals surface area contributed by atoms with E-state index in [0.717, 1.165) is 25.6 Å². The molecule has 0 bridgehead atoms. The van der Waals surface area contributed by atoms with Gasteiger partial charge in [-0.2, -0.15) is 0 Å². The lowest BCUT2D eigenvalue weighted by Gasteiger charge is -2.50. The number of hydrogen-bond acceptors (Lipinski definition) is 2. The van der Waals surface area contributed by atoms with Crippen molar-refractivity contribution in [2.45, 2.75) is 52.1 Å². The number of halogens is 1. The fraction of sp³-hybridized carbons (Fsp3) is 0.867. The SMILES string of the molecule is CC(=CCl)CN1CC(C(C)C)NCC1(C)C1CC1. The summed E-state index contributed by atoms with van der Waals surface area (Å²) in [7, 11) is 0. The second kappa shape index (κ2) is 5.52. The van der Waals surface area contributed by atoms with Crippen molar-refractivity contribution in [3.63, 3.8) is 0 Å². The summed E-state index contributed by atoms with van der Waals surface area (Å²) in [5, 5.41) is 3.76. The summed E-state index contributed by atoms with van der Waals surface area (Å²) >= 11 is 5.85. The normalized spacial score (nSPS) is 35.2. The zero-order chi connectivity index (χ0) is 13.3. The summed E-state index contributed by atoms with van der Waals surface area (Å²) in [5.74, 6) is 1.57. The van der Waals surface area contributed by atoms with Crippen LogP contribution in [0.25, 0.3) is 0 Å². The number of rotatable bonds is 4. The van der Waals surface area contributed by atoms with Gasteiger partial charge in [0.25, 0.3) is 0 Å². The fourth-order valence-corrected chi connectivity index (χ4v) is 3.16. The number of piperazine rings is 1. The van der Waals surface area contributed by atoms with Crippen LogP contribution in [0.2, 0.25) is 0 Å². The Morgan fingerprint density at radius 3 is 2.67 bits per heavy atom. The van der Waals surface area contributed by atoms with Crippen molar-refractivity contribution < 1.29 is 0 Å². The molecule has 1 saturated carbocycles. The maximum absolute atomic E-state index is 5.85. The highest BCUT2D eigenvalue weighted by Crippen LogP contribution is 2.44. The minimum atomic E-state index is 0.326. The maximum Gasteiger partial charge on any atom is 0.0338 e. The van der Waals surface area contributed by atoms with Crippen LogP contribution in [0, 0.1) is 11.8 Å². The summed E-state index contributed by atoms with van der Waals surface area (Å²) in [6.45, 7) is 12.5. The molecule has 0 aromatic carbocycles. The Hall–Kier alpha value is -0.0500. The number of nitrogens with one attached hydrogen (secondary N) is 1. The van der Waals surface area contributed by atoms with Crippen LogP contribution < -0.4 is 5.32 Å². The molecule has 0 radical (unpaired) electrons. The van der Waals surface area contributed by atoms with Crippen molar-refractivity contribution in [1.82, 2.24) is 10.2 Å². The van der Waals surface area contributed by atoms with Gasteiger partial charge in [-0.15, -0.1) is 0 Å². The van der Waals surface area contributed by atoms with Gasteiger partial charge in [0.05, 0.1) is 0 Å². The second-order valence-electron chi connectivity index (χ2n) is 6.70. The van der Waals surface area contributed by atoms with E-state index in [1.54, 1.807) is 5.54 Å². The Balaban J connectivity index is 2.10. The molecule has 2 atom stereocenters. The van der Waals surface area contributed by atoms with Gasteiger partial charge in [0, 0.05) is 36.8 Å². The minimum Gasteiger partial charge on any atom is -0.311 e. The van der Waals surface area contributed by atoms with E-state index >= 15 is 0 Å². The number of hydrogen-bond donors (Lipinski definition) is 1. The molecule has 1 aliphatic heterocycles. The first-order chi connectivity index (χ1) is 8.47. The lowest BCUT2D eigenvalue weighted by molar-refractivity contribution is 0.0336. The van der Waals surface area contributed by atoms with Gasteiger partial charge in [0.1, 0.15) is 0 Å². The molecule has 0 amide bonds. The van der Waals surface area contributed by atoms with Crippen molar-refractivity contribution in [2.24, 2.45) is 11.8 Å². The van der Waals surface area contributed by atoms with Gasteiger partial charge in [-0.1, -0.05) is 25.4 Å². The molecule has 2 rings (SSSR count). The third kappa shape index (κ3) is 2.92. The minimum absolute atomic E-state index is 0.326. The Morgan fingerprint density at radius 2 is 2.17 bits per heavy atom. The van der Waals surface area contributed by atoms with Crippen LogP contribution in [0.15, 0.2) is 11.1 Å². The molecule has 1 heterocycles. The average molecular weight is 271 g/mol. The lowest BCUT2D eigenvalue weighted by Crippen LogP contribution is -2.65. The third-order valence-electron chi connectivity index (χ3n) is 4.75. The van der Waals surface area contributed by atoms with Gasteiger partial charge >= 0.3 is 0 Å².